The Labute approximate surface area is 211 Å². The van der Waals surface area contributed by atoms with Gasteiger partial charge in [-0.25, -0.2) is 0 Å². The predicted molar refractivity (Wildman–Crippen MR) is 138 cm³/mol. The molecule has 7 heteroatoms. The van der Waals surface area contributed by atoms with E-state index in [4.69, 9.17) is 9.47 Å². The summed E-state index contributed by atoms with van der Waals surface area (Å²) in [6.07, 6.45) is 24.5. The van der Waals surface area contributed by atoms with Gasteiger partial charge < -0.3 is 29.0 Å². The molecule has 0 rings (SSSR count). The maximum absolute atomic E-state index is 11.8. The fraction of sp³-hybridized carbons (Fsp3) is 0.571. The fourth-order valence-electron chi connectivity index (χ4n) is 3.03. The Kier molecular flexibility index (Phi) is 19.4. The molecule has 0 aromatic carbocycles. The van der Waals surface area contributed by atoms with Crippen LogP contribution in [0.3, 0.4) is 0 Å². The SMILES string of the molecule is CC/C=C/C=C/C=C/C=C/C=C/CCCCCC(=O)OCC(O)COCCC(C(=O)[O-])[N+](C)(C)C. The van der Waals surface area contributed by atoms with Crippen LogP contribution in [0.2, 0.25) is 0 Å². The number of carbonyl (C=O) groups is 2. The van der Waals surface area contributed by atoms with Crippen LogP contribution in [0, 0.1) is 0 Å². The van der Waals surface area contributed by atoms with Gasteiger partial charge in [-0.3, -0.25) is 4.79 Å². The van der Waals surface area contributed by atoms with Crippen molar-refractivity contribution in [2.24, 2.45) is 0 Å². The molecule has 0 aliphatic carbocycles. The Morgan fingerprint density at radius 1 is 0.886 bits per heavy atom. The summed E-state index contributed by atoms with van der Waals surface area (Å²) in [7, 11) is 5.32. The molecule has 0 saturated carbocycles. The smallest absolute Gasteiger partial charge is 0.305 e. The number of unbranched alkanes of at least 4 members (excludes halogenated alkanes) is 3. The molecule has 0 bridgehead atoms. The molecular formula is C28H45NO6. The van der Waals surface area contributed by atoms with Crippen LogP contribution >= 0.6 is 0 Å². The topological polar surface area (TPSA) is 95.9 Å². The highest BCUT2D eigenvalue weighted by Crippen LogP contribution is 2.08. The number of esters is 1. The van der Waals surface area contributed by atoms with Gasteiger partial charge in [-0.1, -0.05) is 74.1 Å². The van der Waals surface area contributed by atoms with Crippen molar-refractivity contribution >= 4 is 11.9 Å². The minimum absolute atomic E-state index is 0.0201. The largest absolute Gasteiger partial charge is 0.544 e. The number of nitrogens with zero attached hydrogens (tertiary/aromatic N) is 1. The Hall–Kier alpha value is -2.48. The summed E-state index contributed by atoms with van der Waals surface area (Å²) in [5, 5.41) is 21.1. The van der Waals surface area contributed by atoms with Crippen LogP contribution < -0.4 is 5.11 Å². The number of rotatable bonds is 20. The standard InChI is InChI=1S/C28H45NO6/c1-5-6-7-8-9-10-11-12-13-14-15-16-17-18-19-20-27(31)35-24-25(30)23-34-22-21-26(28(32)33)29(2,3)4/h6-15,25-26,30H,5,16-24H2,1-4H3/b7-6+,9-8+,11-10+,13-12+,15-14+. The van der Waals surface area contributed by atoms with Crippen LogP contribution in [0.5, 0.6) is 0 Å². The lowest BCUT2D eigenvalue weighted by atomic mass is 10.1. The van der Waals surface area contributed by atoms with E-state index < -0.39 is 18.1 Å². The molecule has 0 saturated heterocycles. The molecule has 0 aliphatic rings. The van der Waals surface area contributed by atoms with Crippen molar-refractivity contribution in [3.63, 3.8) is 0 Å². The molecule has 0 heterocycles. The molecule has 0 aromatic heterocycles. The molecule has 0 aromatic rings. The predicted octanol–water partition coefficient (Wildman–Crippen LogP) is 3.26. The first-order valence-corrected chi connectivity index (χ1v) is 12.4. The van der Waals surface area contributed by atoms with Crippen LogP contribution in [0.1, 0.15) is 51.9 Å². The highest BCUT2D eigenvalue weighted by atomic mass is 16.5. The zero-order chi connectivity index (χ0) is 26.4. The lowest BCUT2D eigenvalue weighted by Gasteiger charge is -2.34. The quantitative estimate of drug-likeness (QED) is 0.122. The minimum atomic E-state index is -1.13. The van der Waals surface area contributed by atoms with Crippen molar-refractivity contribution in [2.45, 2.75) is 64.0 Å². The number of allylic oxidation sites excluding steroid dienone is 10. The lowest BCUT2D eigenvalue weighted by molar-refractivity contribution is -0.889. The number of aliphatic hydroxyl groups is 1. The third-order valence-electron chi connectivity index (χ3n) is 5.03. The van der Waals surface area contributed by atoms with Crippen LogP contribution in [-0.2, 0) is 19.1 Å². The molecule has 198 valence electrons. The van der Waals surface area contributed by atoms with Gasteiger partial charge in [0.1, 0.15) is 18.8 Å². The van der Waals surface area contributed by atoms with Crippen LogP contribution in [0.4, 0.5) is 0 Å². The third-order valence-corrected chi connectivity index (χ3v) is 5.03. The van der Waals surface area contributed by atoms with E-state index in [2.05, 4.69) is 19.1 Å². The van der Waals surface area contributed by atoms with E-state index in [1.165, 1.54) is 0 Å². The summed E-state index contributed by atoms with van der Waals surface area (Å²) in [5.41, 5.74) is 0. The molecule has 35 heavy (non-hydrogen) atoms. The van der Waals surface area contributed by atoms with Gasteiger partial charge in [0.15, 0.2) is 0 Å². The van der Waals surface area contributed by atoms with Gasteiger partial charge in [-0.2, -0.15) is 0 Å². The van der Waals surface area contributed by atoms with E-state index in [0.29, 0.717) is 6.42 Å². The Morgan fingerprint density at radius 3 is 2.06 bits per heavy atom. The van der Waals surface area contributed by atoms with Crippen LogP contribution in [0.25, 0.3) is 0 Å². The fourth-order valence-corrected chi connectivity index (χ4v) is 3.03. The number of carbonyl (C=O) groups excluding carboxylic acids is 2. The number of aliphatic hydroxyl groups excluding tert-OH is 1. The van der Waals surface area contributed by atoms with E-state index in [1.54, 1.807) is 21.1 Å². The average molecular weight is 492 g/mol. The van der Waals surface area contributed by atoms with Crippen molar-refractivity contribution < 1.29 is 33.8 Å². The number of likely N-dealkylation sites (N-methyl/N-ethyl adjacent to an activating group) is 1. The Morgan fingerprint density at radius 2 is 1.49 bits per heavy atom. The number of aliphatic carboxylic acids is 1. The van der Waals surface area contributed by atoms with Gasteiger partial charge in [0.05, 0.1) is 40.3 Å². The maximum Gasteiger partial charge on any atom is 0.305 e. The number of quaternary nitrogens is 1. The van der Waals surface area contributed by atoms with Crippen molar-refractivity contribution in [2.75, 3.05) is 41.0 Å². The number of carboxylic acids is 1. The zero-order valence-electron chi connectivity index (χ0n) is 21.9. The number of carboxylic acid groups (broad SMARTS) is 1. The summed E-state index contributed by atoms with van der Waals surface area (Å²) in [5.74, 6) is -1.47. The second kappa shape index (κ2) is 20.9. The molecular weight excluding hydrogens is 446 g/mol. The molecule has 0 radical (unpaired) electrons. The summed E-state index contributed by atoms with van der Waals surface area (Å²) in [4.78, 5) is 23.0. The lowest BCUT2D eigenvalue weighted by Crippen LogP contribution is -2.55. The van der Waals surface area contributed by atoms with Crippen molar-refractivity contribution in [1.29, 1.82) is 0 Å². The van der Waals surface area contributed by atoms with E-state index in [9.17, 15) is 19.8 Å². The number of hydrogen-bond donors (Lipinski definition) is 1. The van der Waals surface area contributed by atoms with Gasteiger partial charge in [0.25, 0.3) is 0 Å². The number of hydrogen-bond acceptors (Lipinski definition) is 6. The normalized spacial score (nSPS) is 14.7. The Bertz CT molecular complexity index is 715. The van der Waals surface area contributed by atoms with Gasteiger partial charge in [-0.15, -0.1) is 0 Å². The first-order valence-electron chi connectivity index (χ1n) is 12.4. The summed E-state index contributed by atoms with van der Waals surface area (Å²) < 4.78 is 10.6. The van der Waals surface area contributed by atoms with Crippen LogP contribution in [-0.4, -0.2) is 74.6 Å². The summed E-state index contributed by atoms with van der Waals surface area (Å²) in [6, 6.07) is -0.695. The summed E-state index contributed by atoms with van der Waals surface area (Å²) >= 11 is 0. The second-order valence-electron chi connectivity index (χ2n) is 9.17. The van der Waals surface area contributed by atoms with Gasteiger partial charge in [0.2, 0.25) is 0 Å². The monoisotopic (exact) mass is 491 g/mol. The van der Waals surface area contributed by atoms with Gasteiger partial charge in [0, 0.05) is 12.8 Å². The molecule has 7 nitrogen and oxygen atoms in total. The molecule has 2 unspecified atom stereocenters. The molecule has 0 spiro atoms. The molecule has 2 atom stereocenters. The first-order chi connectivity index (χ1) is 16.7. The highest BCUT2D eigenvalue weighted by Gasteiger charge is 2.24. The molecule has 1 N–H and O–H groups in total. The van der Waals surface area contributed by atoms with E-state index >= 15 is 0 Å². The van der Waals surface area contributed by atoms with Crippen molar-refractivity contribution in [3.8, 4) is 0 Å². The van der Waals surface area contributed by atoms with Gasteiger partial charge in [-0.05, 0) is 25.7 Å². The average Bonchev–Trinajstić information content (AvgIpc) is 2.79. The van der Waals surface area contributed by atoms with Crippen molar-refractivity contribution in [1.82, 2.24) is 0 Å². The first kappa shape index (κ1) is 32.5. The molecule has 0 aliphatic heterocycles. The maximum atomic E-state index is 11.8. The van der Waals surface area contributed by atoms with E-state index in [-0.39, 0.29) is 36.7 Å². The third kappa shape index (κ3) is 20.6. The summed E-state index contributed by atoms with van der Waals surface area (Å²) in [6.45, 7) is 2.13. The zero-order valence-corrected chi connectivity index (χ0v) is 21.9. The second-order valence-corrected chi connectivity index (χ2v) is 9.17. The highest BCUT2D eigenvalue weighted by molar-refractivity contribution is 5.69. The van der Waals surface area contributed by atoms with Crippen molar-refractivity contribution in [3.05, 3.63) is 60.8 Å². The molecule has 0 fully saturated rings. The van der Waals surface area contributed by atoms with Gasteiger partial charge >= 0.3 is 5.97 Å². The van der Waals surface area contributed by atoms with E-state index in [1.807, 2.05) is 48.6 Å². The minimum Gasteiger partial charge on any atom is -0.544 e. The van der Waals surface area contributed by atoms with E-state index in [0.717, 1.165) is 32.1 Å². The Balaban J connectivity index is 3.77. The van der Waals surface area contributed by atoms with Crippen LogP contribution in [0.15, 0.2) is 60.8 Å². The number of ether oxygens (including phenoxy) is 2. The molecule has 0 amide bonds.